The first kappa shape index (κ1) is 14.1. The van der Waals surface area contributed by atoms with Gasteiger partial charge in [0.05, 0.1) is 0 Å². The van der Waals surface area contributed by atoms with Crippen molar-refractivity contribution in [3.63, 3.8) is 0 Å². The summed E-state index contributed by atoms with van der Waals surface area (Å²) in [5.41, 5.74) is 1.06. The predicted octanol–water partition coefficient (Wildman–Crippen LogP) is 2.55. The Morgan fingerprint density at radius 1 is 1.53 bits per heavy atom. The lowest BCUT2D eigenvalue weighted by molar-refractivity contribution is -0.118. The molecule has 96 valence electrons. The number of nitrogens with zero attached hydrogens (tertiary/aromatic N) is 1. The van der Waals surface area contributed by atoms with Crippen molar-refractivity contribution in [3.8, 4) is 0 Å². The molecule has 0 fully saturated rings. The van der Waals surface area contributed by atoms with E-state index in [1.807, 2.05) is 19.2 Å². The molecular formula is C12H21N3OS. The van der Waals surface area contributed by atoms with Crippen LogP contribution in [0.2, 0.25) is 0 Å². The van der Waals surface area contributed by atoms with E-state index in [4.69, 9.17) is 0 Å². The van der Waals surface area contributed by atoms with E-state index in [1.165, 1.54) is 0 Å². The van der Waals surface area contributed by atoms with Gasteiger partial charge in [-0.1, -0.05) is 20.8 Å². The number of anilines is 1. The van der Waals surface area contributed by atoms with E-state index < -0.39 is 0 Å². The van der Waals surface area contributed by atoms with Crippen LogP contribution in [0.5, 0.6) is 0 Å². The third-order valence-electron chi connectivity index (χ3n) is 2.37. The predicted molar refractivity (Wildman–Crippen MR) is 73.3 cm³/mol. The first-order valence-electron chi connectivity index (χ1n) is 5.87. The van der Waals surface area contributed by atoms with Gasteiger partial charge in [-0.15, -0.1) is 0 Å². The van der Waals surface area contributed by atoms with E-state index in [-0.39, 0.29) is 11.8 Å². The van der Waals surface area contributed by atoms with Crippen LogP contribution in [0.25, 0.3) is 0 Å². The molecule has 1 aromatic heterocycles. The Labute approximate surface area is 107 Å². The highest BCUT2D eigenvalue weighted by Crippen LogP contribution is 2.12. The number of nitrogens with one attached hydrogen (secondary N) is 2. The first-order valence-corrected chi connectivity index (χ1v) is 7.26. The van der Waals surface area contributed by atoms with Gasteiger partial charge in [0.2, 0.25) is 5.91 Å². The molecule has 1 atom stereocenters. The quantitative estimate of drug-likeness (QED) is 0.821. The maximum Gasteiger partial charge on any atom is 0.229 e. The fraction of sp³-hybridized carbons (Fsp3) is 0.667. The summed E-state index contributed by atoms with van der Waals surface area (Å²) in [6, 6.07) is 1.91. The molecular weight excluding hydrogens is 234 g/mol. The normalized spacial score (nSPS) is 12.8. The molecule has 1 heterocycles. The number of aromatic nitrogens is 2. The van der Waals surface area contributed by atoms with Crippen LogP contribution in [0.3, 0.4) is 0 Å². The molecule has 4 nitrogen and oxygen atoms in total. The lowest BCUT2D eigenvalue weighted by Crippen LogP contribution is -2.22. The van der Waals surface area contributed by atoms with Gasteiger partial charge >= 0.3 is 0 Å². The molecule has 1 aromatic rings. The zero-order chi connectivity index (χ0) is 12.8. The second-order valence-corrected chi connectivity index (χ2v) is 5.63. The van der Waals surface area contributed by atoms with Gasteiger partial charge in [0, 0.05) is 23.4 Å². The molecule has 17 heavy (non-hydrogen) atoms. The van der Waals surface area contributed by atoms with Crippen LogP contribution >= 0.6 is 11.8 Å². The minimum Gasteiger partial charge on any atom is -0.309 e. The second kappa shape index (κ2) is 6.69. The van der Waals surface area contributed by atoms with Gasteiger partial charge in [0.25, 0.3) is 0 Å². The van der Waals surface area contributed by atoms with E-state index in [2.05, 4.69) is 29.4 Å². The number of carbonyl (C=O) groups is 1. The zero-order valence-electron chi connectivity index (χ0n) is 10.9. The molecule has 2 N–H and O–H groups in total. The van der Waals surface area contributed by atoms with Crippen molar-refractivity contribution in [2.75, 3.05) is 17.3 Å². The summed E-state index contributed by atoms with van der Waals surface area (Å²) in [6.45, 7) is 6.23. The molecule has 0 radical (unpaired) electrons. The van der Waals surface area contributed by atoms with Crippen LogP contribution in [-0.2, 0) is 11.2 Å². The van der Waals surface area contributed by atoms with Crippen LogP contribution in [0.1, 0.15) is 26.5 Å². The Balaban J connectivity index is 2.51. The highest BCUT2D eigenvalue weighted by atomic mass is 32.2. The van der Waals surface area contributed by atoms with Gasteiger partial charge in [0.1, 0.15) is 0 Å². The molecule has 0 aromatic carbocycles. The van der Waals surface area contributed by atoms with Crippen LogP contribution in [0, 0.1) is 11.8 Å². The Hall–Kier alpha value is -0.970. The van der Waals surface area contributed by atoms with Gasteiger partial charge in [-0.3, -0.25) is 9.89 Å². The lowest BCUT2D eigenvalue weighted by atomic mass is 10.1. The summed E-state index contributed by atoms with van der Waals surface area (Å²) in [7, 11) is 0. The summed E-state index contributed by atoms with van der Waals surface area (Å²) in [6.07, 6.45) is 2.95. The van der Waals surface area contributed by atoms with Crippen molar-refractivity contribution >= 4 is 23.5 Å². The van der Waals surface area contributed by atoms with Crippen molar-refractivity contribution in [3.05, 3.63) is 11.8 Å². The van der Waals surface area contributed by atoms with Gasteiger partial charge in [-0.05, 0) is 18.6 Å². The number of hydrogen-bond donors (Lipinski definition) is 2. The number of H-pyrrole nitrogens is 1. The number of rotatable bonds is 6. The third kappa shape index (κ3) is 4.81. The van der Waals surface area contributed by atoms with E-state index in [1.54, 1.807) is 11.8 Å². The Morgan fingerprint density at radius 2 is 2.24 bits per heavy atom. The monoisotopic (exact) mass is 255 g/mol. The molecule has 0 aliphatic heterocycles. The highest BCUT2D eigenvalue weighted by Gasteiger charge is 2.13. The molecule has 5 heteroatoms. The van der Waals surface area contributed by atoms with E-state index in [9.17, 15) is 4.79 Å². The summed E-state index contributed by atoms with van der Waals surface area (Å²) in [5.74, 6) is 2.07. The molecule has 1 amide bonds. The molecule has 0 aliphatic carbocycles. The van der Waals surface area contributed by atoms with Crippen LogP contribution in [-0.4, -0.2) is 28.1 Å². The minimum atomic E-state index is 0.00949. The molecule has 0 bridgehead atoms. The Bertz CT molecular complexity index is 362. The average Bonchev–Trinajstić information content (AvgIpc) is 2.64. The number of thioether (sulfide) groups is 1. The maximum absolute atomic E-state index is 11.8. The van der Waals surface area contributed by atoms with Crippen molar-refractivity contribution in [2.45, 2.75) is 27.2 Å². The second-order valence-electron chi connectivity index (χ2n) is 4.72. The Morgan fingerprint density at radius 3 is 2.82 bits per heavy atom. The fourth-order valence-electron chi connectivity index (χ4n) is 1.55. The summed E-state index contributed by atoms with van der Waals surface area (Å²) in [5, 5.41) is 9.86. The largest absolute Gasteiger partial charge is 0.309 e. The third-order valence-corrected chi connectivity index (χ3v) is 3.21. The number of aromatic amines is 1. The number of carbonyl (C=O) groups excluding carboxylic acids is 1. The van der Waals surface area contributed by atoms with E-state index >= 15 is 0 Å². The average molecular weight is 255 g/mol. The molecule has 0 unspecified atom stereocenters. The lowest BCUT2D eigenvalue weighted by Gasteiger charge is -2.08. The van der Waals surface area contributed by atoms with Crippen molar-refractivity contribution in [1.82, 2.24) is 10.2 Å². The van der Waals surface area contributed by atoms with Crippen molar-refractivity contribution in [1.29, 1.82) is 0 Å². The van der Waals surface area contributed by atoms with E-state index in [0.29, 0.717) is 11.7 Å². The maximum atomic E-state index is 11.8. The standard InChI is InChI=1S/C12H21N3OS/c1-8(2)5-10-6-11(15-14-10)13-12(16)9(3)7-17-4/h6,8-9H,5,7H2,1-4H3,(H2,13,14,15,16)/t9-/m0/s1. The molecule has 0 saturated carbocycles. The summed E-state index contributed by atoms with van der Waals surface area (Å²) in [4.78, 5) is 11.8. The van der Waals surface area contributed by atoms with Crippen LogP contribution in [0.15, 0.2) is 6.07 Å². The van der Waals surface area contributed by atoms with Gasteiger partial charge in [0.15, 0.2) is 5.82 Å². The minimum absolute atomic E-state index is 0.00949. The smallest absolute Gasteiger partial charge is 0.229 e. The number of amides is 1. The zero-order valence-corrected chi connectivity index (χ0v) is 11.7. The molecule has 1 rings (SSSR count). The SMILES string of the molecule is CSC[C@H](C)C(=O)Nc1cc(CC(C)C)[nH]n1. The van der Waals surface area contributed by atoms with Crippen LogP contribution in [0.4, 0.5) is 5.82 Å². The molecule has 0 spiro atoms. The van der Waals surface area contributed by atoms with Gasteiger partial charge < -0.3 is 5.32 Å². The van der Waals surface area contributed by atoms with Crippen molar-refractivity contribution < 1.29 is 4.79 Å². The number of hydrogen-bond acceptors (Lipinski definition) is 3. The van der Waals surface area contributed by atoms with Gasteiger partial charge in [-0.2, -0.15) is 16.9 Å². The first-order chi connectivity index (χ1) is 8.02. The van der Waals surface area contributed by atoms with E-state index in [0.717, 1.165) is 17.9 Å². The van der Waals surface area contributed by atoms with Gasteiger partial charge in [-0.25, -0.2) is 0 Å². The molecule has 0 aliphatic rings. The Kier molecular flexibility index (Phi) is 5.55. The highest BCUT2D eigenvalue weighted by molar-refractivity contribution is 7.98. The summed E-state index contributed by atoms with van der Waals surface area (Å²) >= 11 is 1.67. The summed E-state index contributed by atoms with van der Waals surface area (Å²) < 4.78 is 0. The topological polar surface area (TPSA) is 57.8 Å². The fourth-order valence-corrected chi connectivity index (χ4v) is 2.20. The van der Waals surface area contributed by atoms with Crippen LogP contribution < -0.4 is 5.32 Å². The molecule has 0 saturated heterocycles. The van der Waals surface area contributed by atoms with Crippen molar-refractivity contribution in [2.24, 2.45) is 11.8 Å².